The molecule has 4 N–H and O–H groups in total. The Bertz CT molecular complexity index is 190. The Kier molecular flexibility index (Phi) is 6.47. The maximum absolute atomic E-state index is 10.4. The maximum Gasteiger partial charge on any atom is 0.217 e. The van der Waals surface area contributed by atoms with Gasteiger partial charge in [-0.1, -0.05) is 0 Å². The molecule has 0 rings (SSSR count). The number of hydrogen-bond donors (Lipinski definition) is 3. The van der Waals surface area contributed by atoms with E-state index < -0.39 is 0 Å². The second-order valence-electron chi connectivity index (χ2n) is 4.90. The Morgan fingerprint density at radius 3 is 2.53 bits per heavy atom. The average Bonchev–Trinajstić information content (AvgIpc) is 1.99. The van der Waals surface area contributed by atoms with E-state index in [9.17, 15) is 9.90 Å². The molecule has 0 aliphatic carbocycles. The molecule has 0 aliphatic rings. The van der Waals surface area contributed by atoms with Gasteiger partial charge >= 0.3 is 0 Å². The van der Waals surface area contributed by atoms with Gasteiger partial charge in [0.2, 0.25) is 5.91 Å². The number of quaternary nitrogens is 1. The highest BCUT2D eigenvalue weighted by Crippen LogP contribution is 1.94. The largest absolute Gasteiger partial charge is 0.386 e. The molecular weight excluding hydrogens is 194 g/mol. The molecule has 1 amide bonds. The van der Waals surface area contributed by atoms with Crippen molar-refractivity contribution in [2.24, 2.45) is 5.73 Å². The molecule has 90 valence electrons. The molecule has 15 heavy (non-hydrogen) atoms. The van der Waals surface area contributed by atoms with Gasteiger partial charge in [0.05, 0.1) is 21.1 Å². The standard InChI is InChI=1S/C10H23N3O2/c1-13(2,3)8-9(14)7-12-6-4-5-10(11)15/h9,12,14H,4-8H2,1-3H3,(H-,11,15)/p+1. The van der Waals surface area contributed by atoms with E-state index in [4.69, 9.17) is 5.73 Å². The van der Waals surface area contributed by atoms with E-state index in [2.05, 4.69) is 5.32 Å². The van der Waals surface area contributed by atoms with Gasteiger partial charge in [-0.05, 0) is 13.0 Å². The zero-order chi connectivity index (χ0) is 11.9. The van der Waals surface area contributed by atoms with E-state index in [0.29, 0.717) is 19.5 Å². The summed E-state index contributed by atoms with van der Waals surface area (Å²) in [6.45, 7) is 1.99. The number of carbonyl (C=O) groups is 1. The summed E-state index contributed by atoms with van der Waals surface area (Å²) in [4.78, 5) is 10.4. The molecular formula is C10H24N3O2+. The lowest BCUT2D eigenvalue weighted by molar-refractivity contribution is -0.873. The molecule has 0 aromatic carbocycles. The molecule has 0 aliphatic heterocycles. The van der Waals surface area contributed by atoms with Crippen LogP contribution in [0.2, 0.25) is 0 Å². The minimum atomic E-state index is -0.349. The molecule has 5 nitrogen and oxygen atoms in total. The Labute approximate surface area is 91.8 Å². The summed E-state index contributed by atoms with van der Waals surface area (Å²) >= 11 is 0. The zero-order valence-corrected chi connectivity index (χ0v) is 9.99. The third-order valence-corrected chi connectivity index (χ3v) is 1.92. The lowest BCUT2D eigenvalue weighted by Crippen LogP contribution is -2.45. The van der Waals surface area contributed by atoms with Crippen molar-refractivity contribution in [2.45, 2.75) is 18.9 Å². The minimum absolute atomic E-state index is 0.274. The first-order chi connectivity index (χ1) is 6.81. The SMILES string of the molecule is C[N+](C)(C)CC(O)CNCCCC(N)=O. The zero-order valence-electron chi connectivity index (χ0n) is 9.99. The van der Waals surface area contributed by atoms with E-state index in [0.717, 1.165) is 17.4 Å². The number of nitrogens with two attached hydrogens (primary N) is 1. The first kappa shape index (κ1) is 14.3. The molecule has 0 heterocycles. The van der Waals surface area contributed by atoms with Crippen LogP contribution in [-0.2, 0) is 4.79 Å². The number of nitrogens with zero attached hydrogens (tertiary/aromatic N) is 1. The summed E-state index contributed by atoms with van der Waals surface area (Å²) in [6.07, 6.45) is 0.781. The smallest absolute Gasteiger partial charge is 0.217 e. The van der Waals surface area contributed by atoms with E-state index in [-0.39, 0.29) is 12.0 Å². The van der Waals surface area contributed by atoms with Crippen molar-refractivity contribution in [3.05, 3.63) is 0 Å². The highest BCUT2D eigenvalue weighted by Gasteiger charge is 2.14. The number of amides is 1. The van der Waals surface area contributed by atoms with Crippen LogP contribution in [0.3, 0.4) is 0 Å². The molecule has 0 bridgehead atoms. The topological polar surface area (TPSA) is 75.3 Å². The van der Waals surface area contributed by atoms with Crippen LogP contribution in [0, 0.1) is 0 Å². The molecule has 0 spiro atoms. The summed E-state index contributed by atoms with van der Waals surface area (Å²) in [5.41, 5.74) is 5.00. The molecule has 5 heteroatoms. The summed E-state index contributed by atoms with van der Waals surface area (Å²) in [6, 6.07) is 0. The summed E-state index contributed by atoms with van der Waals surface area (Å²) in [7, 11) is 6.11. The van der Waals surface area contributed by atoms with Gasteiger partial charge in [-0.25, -0.2) is 0 Å². The fourth-order valence-corrected chi connectivity index (χ4v) is 1.35. The summed E-state index contributed by atoms with van der Waals surface area (Å²) < 4.78 is 0.740. The van der Waals surface area contributed by atoms with Gasteiger partial charge in [0.15, 0.2) is 0 Å². The van der Waals surface area contributed by atoms with Crippen molar-refractivity contribution >= 4 is 5.91 Å². The number of likely N-dealkylation sites (N-methyl/N-ethyl adjacent to an activating group) is 1. The van der Waals surface area contributed by atoms with E-state index in [1.165, 1.54) is 0 Å². The van der Waals surface area contributed by atoms with Crippen LogP contribution in [0.4, 0.5) is 0 Å². The van der Waals surface area contributed by atoms with E-state index >= 15 is 0 Å². The Morgan fingerprint density at radius 1 is 1.47 bits per heavy atom. The van der Waals surface area contributed by atoms with Crippen molar-refractivity contribution in [1.29, 1.82) is 0 Å². The van der Waals surface area contributed by atoms with Crippen molar-refractivity contribution in [3.63, 3.8) is 0 Å². The first-order valence-corrected chi connectivity index (χ1v) is 5.29. The van der Waals surface area contributed by atoms with Crippen LogP contribution < -0.4 is 11.1 Å². The number of hydrogen-bond acceptors (Lipinski definition) is 3. The summed E-state index contributed by atoms with van der Waals surface area (Å²) in [5, 5.41) is 12.7. The van der Waals surface area contributed by atoms with Crippen LogP contribution in [0.15, 0.2) is 0 Å². The lowest BCUT2D eigenvalue weighted by Gasteiger charge is -2.26. The number of rotatable bonds is 8. The third kappa shape index (κ3) is 11.3. The molecule has 0 radical (unpaired) electrons. The quantitative estimate of drug-likeness (QED) is 0.358. The normalized spacial score (nSPS) is 13.9. The van der Waals surface area contributed by atoms with Crippen molar-refractivity contribution in [3.8, 4) is 0 Å². The Balaban J connectivity index is 3.39. The molecule has 0 aromatic rings. The van der Waals surface area contributed by atoms with Crippen molar-refractivity contribution in [2.75, 3.05) is 40.8 Å². The monoisotopic (exact) mass is 218 g/mol. The van der Waals surface area contributed by atoms with Gasteiger partial charge in [0, 0.05) is 13.0 Å². The van der Waals surface area contributed by atoms with Crippen molar-refractivity contribution in [1.82, 2.24) is 5.32 Å². The minimum Gasteiger partial charge on any atom is -0.386 e. The average molecular weight is 218 g/mol. The predicted octanol–water partition coefficient (Wildman–Crippen LogP) is -1.09. The Morgan fingerprint density at radius 2 is 2.07 bits per heavy atom. The van der Waals surface area contributed by atoms with Crippen LogP contribution in [0.5, 0.6) is 0 Å². The second kappa shape index (κ2) is 6.76. The first-order valence-electron chi connectivity index (χ1n) is 5.29. The Hall–Kier alpha value is -0.650. The fraction of sp³-hybridized carbons (Fsp3) is 0.900. The van der Waals surface area contributed by atoms with E-state index in [1.807, 2.05) is 21.1 Å². The molecule has 0 saturated carbocycles. The highest BCUT2D eigenvalue weighted by molar-refractivity contribution is 5.73. The molecule has 0 saturated heterocycles. The molecule has 1 unspecified atom stereocenters. The second-order valence-corrected chi connectivity index (χ2v) is 4.90. The van der Waals surface area contributed by atoms with Crippen LogP contribution in [0.25, 0.3) is 0 Å². The third-order valence-electron chi connectivity index (χ3n) is 1.92. The number of aliphatic hydroxyl groups is 1. The lowest BCUT2D eigenvalue weighted by atomic mass is 10.2. The van der Waals surface area contributed by atoms with E-state index in [1.54, 1.807) is 0 Å². The maximum atomic E-state index is 10.4. The number of nitrogens with one attached hydrogen (secondary N) is 1. The van der Waals surface area contributed by atoms with Crippen LogP contribution in [-0.4, -0.2) is 62.4 Å². The predicted molar refractivity (Wildman–Crippen MR) is 60.2 cm³/mol. The number of carbonyl (C=O) groups excluding carboxylic acids is 1. The fourth-order valence-electron chi connectivity index (χ4n) is 1.35. The molecule has 1 atom stereocenters. The van der Waals surface area contributed by atoms with Gasteiger partial charge in [-0.3, -0.25) is 4.79 Å². The van der Waals surface area contributed by atoms with Gasteiger partial charge in [0.25, 0.3) is 0 Å². The molecule has 0 fully saturated rings. The van der Waals surface area contributed by atoms with Crippen LogP contribution in [0.1, 0.15) is 12.8 Å². The van der Waals surface area contributed by atoms with Gasteiger partial charge < -0.3 is 20.6 Å². The van der Waals surface area contributed by atoms with Gasteiger partial charge in [-0.2, -0.15) is 0 Å². The van der Waals surface area contributed by atoms with Crippen molar-refractivity contribution < 1.29 is 14.4 Å². The number of primary amides is 1. The van der Waals surface area contributed by atoms with Crippen LogP contribution >= 0.6 is 0 Å². The summed E-state index contributed by atoms with van der Waals surface area (Å²) in [5.74, 6) is -0.274. The van der Waals surface area contributed by atoms with Gasteiger partial charge in [-0.15, -0.1) is 0 Å². The molecule has 0 aromatic heterocycles. The number of aliphatic hydroxyl groups excluding tert-OH is 1. The highest BCUT2D eigenvalue weighted by atomic mass is 16.3. The van der Waals surface area contributed by atoms with Gasteiger partial charge in [0.1, 0.15) is 12.6 Å².